The number of nitrogens with zero attached hydrogens (tertiary/aromatic N) is 2. The number of piperidine rings is 1. The molecule has 1 unspecified atom stereocenters. The number of hydrogen-bond donors (Lipinski definition) is 5. The van der Waals surface area contributed by atoms with Gasteiger partial charge in [-0.25, -0.2) is 9.59 Å². The molecule has 1 aliphatic carbocycles. The van der Waals surface area contributed by atoms with E-state index in [9.17, 15) is 24.3 Å². The second kappa shape index (κ2) is 11.0. The van der Waals surface area contributed by atoms with Crippen LogP contribution < -0.4 is 20.8 Å². The van der Waals surface area contributed by atoms with Crippen molar-refractivity contribution in [1.82, 2.24) is 4.57 Å². The van der Waals surface area contributed by atoms with Gasteiger partial charge in [-0.2, -0.15) is 0 Å². The van der Waals surface area contributed by atoms with Crippen molar-refractivity contribution in [2.75, 3.05) is 25.1 Å². The van der Waals surface area contributed by atoms with Gasteiger partial charge in [0, 0.05) is 31.4 Å². The van der Waals surface area contributed by atoms with E-state index in [0.717, 1.165) is 38.0 Å². The number of aromatic carboxylic acids is 1. The summed E-state index contributed by atoms with van der Waals surface area (Å²) < 4.78 is 7.68. The molecule has 0 amide bonds. The smallest absolute Gasteiger partial charge is 0.341 e. The van der Waals surface area contributed by atoms with Crippen LogP contribution in [0.1, 0.15) is 49.0 Å². The van der Waals surface area contributed by atoms with E-state index in [1.54, 1.807) is 13.2 Å². The Hall–Kier alpha value is -3.64. The Balaban J connectivity index is 0.000000345. The number of ether oxygens (including phenoxy) is 1. The molecule has 0 bridgehead atoms. The molecule has 1 saturated carbocycles. The maximum absolute atomic E-state index is 12.7. The monoisotopic (exact) mass is 505 g/mol. The molecule has 1 aromatic heterocycles. The normalized spacial score (nSPS) is 20.3. The summed E-state index contributed by atoms with van der Waals surface area (Å²) in [7, 11) is 1.60. The minimum atomic E-state index is -1.79. The average Bonchev–Trinajstić information content (AvgIpc) is 3.63. The zero-order valence-electron chi connectivity index (χ0n) is 20.1. The van der Waals surface area contributed by atoms with Crippen molar-refractivity contribution in [1.29, 1.82) is 0 Å². The molecule has 1 saturated heterocycles. The fraction of sp³-hybridized carbons (Fsp3) is 0.500. The van der Waals surface area contributed by atoms with Crippen molar-refractivity contribution in [3.8, 4) is 5.75 Å². The zero-order chi connectivity index (χ0) is 26.7. The first-order chi connectivity index (χ1) is 16.9. The Labute approximate surface area is 206 Å². The van der Waals surface area contributed by atoms with E-state index in [-0.39, 0.29) is 17.6 Å². The number of aliphatic hydroxyl groups excluding tert-OH is 1. The average molecular weight is 506 g/mol. The highest BCUT2D eigenvalue weighted by Crippen LogP contribution is 2.43. The third kappa shape index (κ3) is 5.94. The first-order valence-corrected chi connectivity index (χ1v) is 11.6. The number of nitrogens with two attached hydrogens (primary N) is 1. The molecule has 1 aliphatic heterocycles. The molecule has 12 nitrogen and oxygen atoms in total. The van der Waals surface area contributed by atoms with Crippen LogP contribution in [0.25, 0.3) is 10.9 Å². The van der Waals surface area contributed by atoms with E-state index in [1.165, 1.54) is 6.20 Å². The van der Waals surface area contributed by atoms with Gasteiger partial charge in [-0.1, -0.05) is 6.92 Å². The number of aliphatic hydroxyl groups is 1. The van der Waals surface area contributed by atoms with Gasteiger partial charge in [-0.15, -0.1) is 0 Å². The number of fused-ring (bicyclic) bond motifs is 1. The van der Waals surface area contributed by atoms with Crippen molar-refractivity contribution in [2.45, 2.75) is 50.8 Å². The van der Waals surface area contributed by atoms with Gasteiger partial charge in [0.05, 0.1) is 30.1 Å². The van der Waals surface area contributed by atoms with Crippen molar-refractivity contribution >= 4 is 34.5 Å². The molecule has 3 atom stereocenters. The summed E-state index contributed by atoms with van der Waals surface area (Å²) in [5.74, 6) is -2.96. The largest absolute Gasteiger partial charge is 0.492 e. The quantitative estimate of drug-likeness (QED) is 0.362. The molecule has 196 valence electrons. The van der Waals surface area contributed by atoms with E-state index >= 15 is 0 Å². The first-order valence-electron chi connectivity index (χ1n) is 11.6. The minimum Gasteiger partial charge on any atom is -0.492 e. The first kappa shape index (κ1) is 27.0. The van der Waals surface area contributed by atoms with Gasteiger partial charge < -0.3 is 40.4 Å². The highest BCUT2D eigenvalue weighted by atomic mass is 16.5. The maximum Gasteiger partial charge on any atom is 0.341 e. The maximum atomic E-state index is 12.7. The Kier molecular flexibility index (Phi) is 8.21. The lowest BCUT2D eigenvalue weighted by Gasteiger charge is -2.37. The van der Waals surface area contributed by atoms with E-state index < -0.39 is 35.9 Å². The van der Waals surface area contributed by atoms with Crippen LogP contribution in [-0.2, 0) is 9.59 Å². The van der Waals surface area contributed by atoms with Crippen molar-refractivity contribution in [3.05, 3.63) is 34.1 Å². The zero-order valence-corrected chi connectivity index (χ0v) is 20.1. The van der Waals surface area contributed by atoms with Gasteiger partial charge in [-0.3, -0.25) is 9.59 Å². The molecule has 0 radical (unpaired) electrons. The standard InChI is InChI=1S/C20H25N3O4.C4H6O5/c1-11-7-12(21)9-22(8-11)16-6-5-14-17(19(16)27-2)23(13-3-4-13)10-15(18(14)24)20(25)26;5-2(4(8)9)1-3(6)7/h5-6,10-13H,3-4,7-9,21H2,1-2H3,(H,25,26);2,5H,1H2,(H,6,7)(H,8,9)/t11-,12-;/m0./s1. The number of carbonyl (C=O) groups is 3. The number of methoxy groups -OCH3 is 1. The number of anilines is 1. The van der Waals surface area contributed by atoms with Crippen LogP contribution in [0.15, 0.2) is 23.1 Å². The van der Waals surface area contributed by atoms with Crippen molar-refractivity contribution in [3.63, 3.8) is 0 Å². The van der Waals surface area contributed by atoms with Crippen LogP contribution in [0.4, 0.5) is 5.69 Å². The number of hydrogen-bond acceptors (Lipinski definition) is 8. The van der Waals surface area contributed by atoms with Gasteiger partial charge >= 0.3 is 17.9 Å². The summed E-state index contributed by atoms with van der Waals surface area (Å²) in [4.78, 5) is 45.9. The summed E-state index contributed by atoms with van der Waals surface area (Å²) in [5, 5.41) is 34.0. The topological polar surface area (TPSA) is 193 Å². The third-order valence-electron chi connectivity index (χ3n) is 6.19. The van der Waals surface area contributed by atoms with Crippen LogP contribution in [0.5, 0.6) is 5.75 Å². The fourth-order valence-electron chi connectivity index (χ4n) is 4.50. The lowest BCUT2D eigenvalue weighted by Crippen LogP contribution is -2.46. The number of rotatable bonds is 7. The van der Waals surface area contributed by atoms with Gasteiger partial charge in [0.2, 0.25) is 5.43 Å². The van der Waals surface area contributed by atoms with Gasteiger partial charge in [0.15, 0.2) is 11.9 Å². The lowest BCUT2D eigenvalue weighted by molar-refractivity contribution is -0.152. The van der Waals surface area contributed by atoms with E-state index in [4.69, 9.17) is 25.8 Å². The molecular weight excluding hydrogens is 474 g/mol. The number of aromatic nitrogens is 1. The fourth-order valence-corrected chi connectivity index (χ4v) is 4.50. The molecule has 1 aromatic carbocycles. The minimum absolute atomic E-state index is 0.0918. The summed E-state index contributed by atoms with van der Waals surface area (Å²) >= 11 is 0. The van der Waals surface area contributed by atoms with Crippen LogP contribution >= 0.6 is 0 Å². The van der Waals surface area contributed by atoms with Crippen LogP contribution in [-0.4, -0.2) is 75.2 Å². The highest BCUT2D eigenvalue weighted by Gasteiger charge is 2.31. The molecule has 36 heavy (non-hydrogen) atoms. The molecule has 2 fully saturated rings. The van der Waals surface area contributed by atoms with Crippen LogP contribution in [0, 0.1) is 5.92 Å². The van der Waals surface area contributed by atoms with Gasteiger partial charge in [0.25, 0.3) is 0 Å². The number of aliphatic carboxylic acids is 2. The number of carboxylic acids is 3. The third-order valence-corrected chi connectivity index (χ3v) is 6.19. The second-order valence-electron chi connectivity index (χ2n) is 9.29. The van der Waals surface area contributed by atoms with Crippen molar-refractivity contribution in [2.24, 2.45) is 11.7 Å². The van der Waals surface area contributed by atoms with Crippen LogP contribution in [0.3, 0.4) is 0 Å². The number of carboxylic acid groups (broad SMARTS) is 3. The Morgan fingerprint density at radius 1 is 1.17 bits per heavy atom. The number of pyridine rings is 1. The lowest BCUT2D eigenvalue weighted by atomic mass is 9.95. The highest BCUT2D eigenvalue weighted by molar-refractivity contribution is 5.97. The Morgan fingerprint density at radius 2 is 1.83 bits per heavy atom. The molecule has 2 aliphatic rings. The predicted octanol–water partition coefficient (Wildman–Crippen LogP) is 1.12. The van der Waals surface area contributed by atoms with E-state index in [0.29, 0.717) is 22.6 Å². The molecule has 2 aromatic rings. The second-order valence-corrected chi connectivity index (χ2v) is 9.29. The molecule has 0 spiro atoms. The van der Waals surface area contributed by atoms with Gasteiger partial charge in [0.1, 0.15) is 5.56 Å². The molecule has 2 heterocycles. The summed E-state index contributed by atoms with van der Waals surface area (Å²) in [5.41, 5.74) is 7.14. The van der Waals surface area contributed by atoms with E-state index in [2.05, 4.69) is 11.8 Å². The Bertz CT molecular complexity index is 1210. The molecule has 12 heteroatoms. The summed E-state index contributed by atoms with van der Waals surface area (Å²) in [6.45, 7) is 3.78. The molecule has 6 N–H and O–H groups in total. The van der Waals surface area contributed by atoms with E-state index in [1.807, 2.05) is 10.6 Å². The molecule has 4 rings (SSSR count). The van der Waals surface area contributed by atoms with Crippen molar-refractivity contribution < 1.29 is 39.5 Å². The number of benzene rings is 1. The van der Waals surface area contributed by atoms with Gasteiger partial charge in [-0.05, 0) is 37.3 Å². The van der Waals surface area contributed by atoms with Crippen LogP contribution in [0.2, 0.25) is 0 Å². The SMILES string of the molecule is COc1c(N2C[C@@H](C)C[C@H](N)C2)ccc2c(=O)c(C(=O)O)cn(C3CC3)c12.O=C(O)CC(O)C(=O)O. The summed E-state index contributed by atoms with van der Waals surface area (Å²) in [6.07, 6.45) is 1.85. The Morgan fingerprint density at radius 3 is 2.31 bits per heavy atom. The predicted molar refractivity (Wildman–Crippen MR) is 130 cm³/mol. The molecular formula is C24H31N3O9. The summed E-state index contributed by atoms with van der Waals surface area (Å²) in [6, 6.07) is 3.88.